The summed E-state index contributed by atoms with van der Waals surface area (Å²) in [5.41, 5.74) is 1.41. The van der Waals surface area contributed by atoms with E-state index in [1.54, 1.807) is 0 Å². The first-order valence-corrected chi connectivity index (χ1v) is 9.51. The topological polar surface area (TPSA) is 78.7 Å². The number of urea groups is 1. The smallest absolute Gasteiger partial charge is 0.317 e. The van der Waals surface area contributed by atoms with E-state index in [2.05, 4.69) is 10.5 Å². The molecular weight excluding hydrogens is 320 g/mol. The van der Waals surface area contributed by atoms with Crippen LogP contribution in [0.5, 0.6) is 0 Å². The van der Waals surface area contributed by atoms with Gasteiger partial charge in [-0.25, -0.2) is 4.79 Å². The van der Waals surface area contributed by atoms with Gasteiger partial charge in [-0.1, -0.05) is 24.4 Å². The molecular formula is C18H26N4O3. The molecule has 1 aromatic rings. The molecule has 3 fully saturated rings. The molecule has 136 valence electrons. The summed E-state index contributed by atoms with van der Waals surface area (Å²) in [6, 6.07) is 0.335. The highest BCUT2D eigenvalue weighted by molar-refractivity contribution is 5.95. The molecule has 4 rings (SSSR count). The maximum atomic E-state index is 12.7. The van der Waals surface area contributed by atoms with Crippen LogP contribution in [0, 0.1) is 0 Å². The third-order valence-electron chi connectivity index (χ3n) is 5.58. The molecule has 0 aromatic carbocycles. The van der Waals surface area contributed by atoms with Crippen molar-refractivity contribution in [1.82, 2.24) is 20.3 Å². The number of carbonyl (C=O) groups excluding carboxylic acids is 2. The molecule has 25 heavy (non-hydrogen) atoms. The second kappa shape index (κ2) is 7.06. The monoisotopic (exact) mass is 346 g/mol. The van der Waals surface area contributed by atoms with Gasteiger partial charge in [-0.05, 0) is 25.7 Å². The maximum Gasteiger partial charge on any atom is 0.317 e. The highest BCUT2D eigenvalue weighted by atomic mass is 16.5. The van der Waals surface area contributed by atoms with Crippen LogP contribution in [0.1, 0.15) is 66.9 Å². The van der Waals surface area contributed by atoms with E-state index in [0.717, 1.165) is 31.4 Å². The molecule has 2 heterocycles. The van der Waals surface area contributed by atoms with Crippen molar-refractivity contribution < 1.29 is 14.1 Å². The van der Waals surface area contributed by atoms with E-state index in [1.807, 2.05) is 9.80 Å². The Kier molecular flexibility index (Phi) is 4.63. The lowest BCUT2D eigenvalue weighted by atomic mass is 9.96. The number of nitrogens with one attached hydrogen (secondary N) is 1. The van der Waals surface area contributed by atoms with Crippen molar-refractivity contribution in [3.05, 3.63) is 17.5 Å². The fraction of sp³-hybridized carbons (Fsp3) is 0.722. The molecule has 0 unspecified atom stereocenters. The highest BCUT2D eigenvalue weighted by Gasteiger charge is 2.34. The first kappa shape index (κ1) is 16.4. The fourth-order valence-electron chi connectivity index (χ4n) is 3.85. The zero-order chi connectivity index (χ0) is 17.2. The fourth-order valence-corrected chi connectivity index (χ4v) is 3.85. The molecule has 1 aliphatic heterocycles. The Morgan fingerprint density at radius 3 is 2.36 bits per heavy atom. The predicted molar refractivity (Wildman–Crippen MR) is 91.4 cm³/mol. The third-order valence-corrected chi connectivity index (χ3v) is 5.58. The minimum absolute atomic E-state index is 0.0163. The van der Waals surface area contributed by atoms with Gasteiger partial charge in [-0.2, -0.15) is 0 Å². The molecule has 0 spiro atoms. The number of hydrogen-bond donors (Lipinski definition) is 1. The average Bonchev–Trinajstić information content (AvgIpc) is 3.38. The number of piperazine rings is 1. The Morgan fingerprint density at radius 2 is 1.68 bits per heavy atom. The van der Waals surface area contributed by atoms with Gasteiger partial charge in [0.2, 0.25) is 0 Å². The molecule has 3 aliphatic rings. The third kappa shape index (κ3) is 3.65. The number of aromatic nitrogens is 1. The number of carbonyl (C=O) groups is 2. The van der Waals surface area contributed by atoms with E-state index < -0.39 is 0 Å². The summed E-state index contributed by atoms with van der Waals surface area (Å²) in [4.78, 5) is 28.8. The zero-order valence-corrected chi connectivity index (χ0v) is 14.6. The molecule has 1 aromatic heterocycles. The van der Waals surface area contributed by atoms with Crippen LogP contribution >= 0.6 is 0 Å². The minimum atomic E-state index is -0.0181. The van der Waals surface area contributed by atoms with Crippen LogP contribution in [0.15, 0.2) is 10.8 Å². The lowest BCUT2D eigenvalue weighted by Gasteiger charge is -2.36. The Labute approximate surface area is 147 Å². The van der Waals surface area contributed by atoms with E-state index in [4.69, 9.17) is 4.52 Å². The lowest BCUT2D eigenvalue weighted by molar-refractivity contribution is 0.0661. The van der Waals surface area contributed by atoms with E-state index in [9.17, 15) is 9.59 Å². The lowest BCUT2D eigenvalue weighted by Crippen LogP contribution is -2.54. The molecule has 0 atom stereocenters. The maximum absolute atomic E-state index is 12.7. The van der Waals surface area contributed by atoms with Crippen LogP contribution in [0.4, 0.5) is 4.79 Å². The summed E-state index contributed by atoms with van der Waals surface area (Å²) >= 11 is 0. The van der Waals surface area contributed by atoms with Gasteiger partial charge >= 0.3 is 6.03 Å². The van der Waals surface area contributed by atoms with Crippen LogP contribution < -0.4 is 5.32 Å². The van der Waals surface area contributed by atoms with E-state index in [0.29, 0.717) is 43.7 Å². The minimum Gasteiger partial charge on any atom is -0.364 e. The van der Waals surface area contributed by atoms with Gasteiger partial charge < -0.3 is 19.6 Å². The first-order chi connectivity index (χ1) is 12.2. The summed E-state index contributed by atoms with van der Waals surface area (Å²) in [6.45, 7) is 2.28. The van der Waals surface area contributed by atoms with Crippen molar-refractivity contribution in [1.29, 1.82) is 0 Å². The molecule has 2 aliphatic carbocycles. The van der Waals surface area contributed by atoms with Crippen LogP contribution in [-0.4, -0.2) is 59.1 Å². The van der Waals surface area contributed by atoms with Crippen molar-refractivity contribution in [3.63, 3.8) is 0 Å². The Bertz CT molecular complexity index is 626. The summed E-state index contributed by atoms with van der Waals surface area (Å²) < 4.78 is 5.03. The molecule has 1 N–H and O–H groups in total. The summed E-state index contributed by atoms with van der Waals surface area (Å²) in [5.74, 6) is 0.371. The van der Waals surface area contributed by atoms with Gasteiger partial charge in [0.25, 0.3) is 5.91 Å². The second-order valence-corrected chi connectivity index (χ2v) is 7.45. The molecule has 2 saturated carbocycles. The van der Waals surface area contributed by atoms with Crippen LogP contribution in [0.3, 0.4) is 0 Å². The van der Waals surface area contributed by atoms with Gasteiger partial charge in [0.05, 0.1) is 5.69 Å². The van der Waals surface area contributed by atoms with Gasteiger partial charge in [0.15, 0.2) is 0 Å². The van der Waals surface area contributed by atoms with Crippen molar-refractivity contribution in [2.24, 2.45) is 0 Å². The molecule has 7 nitrogen and oxygen atoms in total. The van der Waals surface area contributed by atoms with E-state index in [1.165, 1.54) is 25.5 Å². The normalized spacial score (nSPS) is 22.1. The average molecular weight is 346 g/mol. The summed E-state index contributed by atoms with van der Waals surface area (Å²) in [6.07, 6.45) is 9.49. The molecule has 0 radical (unpaired) electrons. The van der Waals surface area contributed by atoms with Gasteiger partial charge in [0.1, 0.15) is 11.8 Å². The van der Waals surface area contributed by atoms with Gasteiger partial charge in [-0.15, -0.1) is 0 Å². The summed E-state index contributed by atoms with van der Waals surface area (Å²) in [5, 5.41) is 7.16. The van der Waals surface area contributed by atoms with Crippen molar-refractivity contribution in [3.8, 4) is 0 Å². The largest absolute Gasteiger partial charge is 0.364 e. The number of nitrogens with zero attached hydrogens (tertiary/aromatic N) is 3. The molecule has 0 bridgehead atoms. The number of amides is 3. The standard InChI is InChI=1S/C18H26N4O3/c23-17(15-12-25-20-16(15)13-6-7-13)21-8-10-22(11-9-21)18(24)19-14-4-2-1-3-5-14/h12-14H,1-11H2,(H,19,24). The van der Waals surface area contributed by atoms with Crippen LogP contribution in [0.25, 0.3) is 0 Å². The predicted octanol–water partition coefficient (Wildman–Crippen LogP) is 2.35. The Hall–Kier alpha value is -2.05. The van der Waals surface area contributed by atoms with Crippen LogP contribution in [-0.2, 0) is 0 Å². The summed E-state index contributed by atoms with van der Waals surface area (Å²) in [7, 11) is 0. The SMILES string of the molecule is O=C(NC1CCCCC1)N1CCN(C(=O)c2conc2C2CC2)CC1. The first-order valence-electron chi connectivity index (χ1n) is 9.51. The molecule has 7 heteroatoms. The Balaban J connectivity index is 1.29. The van der Waals surface area contributed by atoms with Crippen LogP contribution in [0.2, 0.25) is 0 Å². The zero-order valence-electron chi connectivity index (χ0n) is 14.6. The second-order valence-electron chi connectivity index (χ2n) is 7.45. The molecule has 1 saturated heterocycles. The molecule has 3 amide bonds. The van der Waals surface area contributed by atoms with Crippen molar-refractivity contribution in [2.75, 3.05) is 26.2 Å². The van der Waals surface area contributed by atoms with E-state index >= 15 is 0 Å². The number of hydrogen-bond acceptors (Lipinski definition) is 4. The highest BCUT2D eigenvalue weighted by Crippen LogP contribution is 2.41. The van der Waals surface area contributed by atoms with Gasteiger partial charge in [0, 0.05) is 38.1 Å². The van der Waals surface area contributed by atoms with E-state index in [-0.39, 0.29) is 11.9 Å². The quantitative estimate of drug-likeness (QED) is 0.911. The van der Waals surface area contributed by atoms with Gasteiger partial charge in [-0.3, -0.25) is 4.79 Å². The van der Waals surface area contributed by atoms with Crippen molar-refractivity contribution >= 4 is 11.9 Å². The number of rotatable bonds is 3. The van der Waals surface area contributed by atoms with Crippen molar-refractivity contribution in [2.45, 2.75) is 56.9 Å². The Morgan fingerprint density at radius 1 is 1.00 bits per heavy atom.